The lowest BCUT2D eigenvalue weighted by molar-refractivity contribution is -0.121. The molecule has 1 unspecified atom stereocenters. The Morgan fingerprint density at radius 3 is 2.61 bits per heavy atom. The van der Waals surface area contributed by atoms with Crippen molar-refractivity contribution in [2.75, 3.05) is 10.6 Å². The number of hydrogen-bond donors (Lipinski definition) is 3. The van der Waals surface area contributed by atoms with Crippen LogP contribution in [0.2, 0.25) is 0 Å². The Bertz CT molecular complexity index is 921. The summed E-state index contributed by atoms with van der Waals surface area (Å²) in [5.74, 6) is -0.634. The first-order chi connectivity index (χ1) is 13.6. The standard InChI is InChI=1S/C22H23N3O3/c26-20(12-9-15-13-14-5-1-3-7-18(14)25-21(15)27)24-19-8-4-2-6-17(19)22(28)23-16-10-11-16/h1-8,15-16H,9-13H2,(H,23,28)(H,24,26)(H,25,27). The van der Waals surface area contributed by atoms with Gasteiger partial charge in [-0.2, -0.15) is 0 Å². The van der Waals surface area contributed by atoms with Gasteiger partial charge < -0.3 is 16.0 Å². The fraction of sp³-hybridized carbons (Fsp3) is 0.318. The number of hydrogen-bond acceptors (Lipinski definition) is 3. The maximum atomic E-state index is 12.4. The van der Waals surface area contributed by atoms with Crippen LogP contribution >= 0.6 is 0 Å². The molecule has 6 heteroatoms. The van der Waals surface area contributed by atoms with Gasteiger partial charge in [-0.1, -0.05) is 30.3 Å². The molecule has 3 N–H and O–H groups in total. The normalized spacial score (nSPS) is 18.0. The second-order valence-corrected chi connectivity index (χ2v) is 7.43. The molecule has 0 aromatic heterocycles. The highest BCUT2D eigenvalue weighted by atomic mass is 16.2. The first-order valence-corrected chi connectivity index (χ1v) is 9.68. The van der Waals surface area contributed by atoms with Crippen LogP contribution in [0.5, 0.6) is 0 Å². The number of carbonyl (C=O) groups excluding carboxylic acids is 3. The van der Waals surface area contributed by atoms with Crippen LogP contribution in [-0.4, -0.2) is 23.8 Å². The first-order valence-electron chi connectivity index (χ1n) is 9.68. The highest BCUT2D eigenvalue weighted by molar-refractivity contribution is 6.04. The van der Waals surface area contributed by atoms with Crippen LogP contribution in [-0.2, 0) is 16.0 Å². The van der Waals surface area contributed by atoms with Gasteiger partial charge in [0, 0.05) is 24.1 Å². The molecule has 0 spiro atoms. The van der Waals surface area contributed by atoms with Crippen molar-refractivity contribution in [2.24, 2.45) is 5.92 Å². The third kappa shape index (κ3) is 4.22. The minimum atomic E-state index is -0.228. The smallest absolute Gasteiger partial charge is 0.253 e. The molecule has 4 rings (SSSR count). The Morgan fingerprint density at radius 1 is 1.04 bits per heavy atom. The summed E-state index contributed by atoms with van der Waals surface area (Å²) in [6.45, 7) is 0. The van der Waals surface area contributed by atoms with Gasteiger partial charge in [0.1, 0.15) is 0 Å². The van der Waals surface area contributed by atoms with Crippen molar-refractivity contribution in [3.8, 4) is 0 Å². The fourth-order valence-corrected chi connectivity index (χ4v) is 3.45. The van der Waals surface area contributed by atoms with Gasteiger partial charge in [-0.15, -0.1) is 0 Å². The highest BCUT2D eigenvalue weighted by Crippen LogP contribution is 2.28. The molecular weight excluding hydrogens is 354 g/mol. The van der Waals surface area contributed by atoms with Gasteiger partial charge in [-0.25, -0.2) is 0 Å². The number of nitrogens with one attached hydrogen (secondary N) is 3. The van der Waals surface area contributed by atoms with Gasteiger partial charge in [0.05, 0.1) is 11.3 Å². The lowest BCUT2D eigenvalue weighted by atomic mass is 9.89. The summed E-state index contributed by atoms with van der Waals surface area (Å²) in [5.41, 5.74) is 2.91. The van der Waals surface area contributed by atoms with E-state index >= 15 is 0 Å². The number of para-hydroxylation sites is 2. The van der Waals surface area contributed by atoms with E-state index in [2.05, 4.69) is 16.0 Å². The topological polar surface area (TPSA) is 87.3 Å². The molecule has 144 valence electrons. The molecule has 1 heterocycles. The fourth-order valence-electron chi connectivity index (χ4n) is 3.45. The van der Waals surface area contributed by atoms with Crippen molar-refractivity contribution in [1.29, 1.82) is 0 Å². The molecule has 1 saturated carbocycles. The monoisotopic (exact) mass is 377 g/mol. The maximum absolute atomic E-state index is 12.4. The van der Waals surface area contributed by atoms with E-state index in [9.17, 15) is 14.4 Å². The van der Waals surface area contributed by atoms with E-state index in [-0.39, 0.29) is 36.1 Å². The van der Waals surface area contributed by atoms with Crippen LogP contribution in [0, 0.1) is 5.92 Å². The molecule has 0 saturated heterocycles. The van der Waals surface area contributed by atoms with Crippen molar-refractivity contribution >= 4 is 29.1 Å². The lowest BCUT2D eigenvalue weighted by Gasteiger charge is -2.24. The zero-order chi connectivity index (χ0) is 19.5. The van der Waals surface area contributed by atoms with Gasteiger partial charge in [0.25, 0.3) is 5.91 Å². The third-order valence-corrected chi connectivity index (χ3v) is 5.19. The van der Waals surface area contributed by atoms with Crippen molar-refractivity contribution in [2.45, 2.75) is 38.1 Å². The largest absolute Gasteiger partial charge is 0.349 e. The summed E-state index contributed by atoms with van der Waals surface area (Å²) in [6.07, 6.45) is 3.33. The molecule has 3 amide bonds. The van der Waals surface area contributed by atoms with Gasteiger partial charge >= 0.3 is 0 Å². The van der Waals surface area contributed by atoms with Gasteiger partial charge in [-0.05, 0) is 49.4 Å². The number of anilines is 2. The summed E-state index contributed by atoms with van der Waals surface area (Å²) in [6, 6.07) is 15.0. The number of rotatable bonds is 6. The molecule has 0 bridgehead atoms. The average molecular weight is 377 g/mol. The van der Waals surface area contributed by atoms with E-state index in [1.165, 1.54) is 0 Å². The molecule has 2 aromatic rings. The predicted octanol–water partition coefficient (Wildman–Crippen LogP) is 3.11. The summed E-state index contributed by atoms with van der Waals surface area (Å²) in [5, 5.41) is 8.67. The zero-order valence-corrected chi connectivity index (χ0v) is 15.5. The van der Waals surface area contributed by atoms with Crippen molar-refractivity contribution < 1.29 is 14.4 Å². The lowest BCUT2D eigenvalue weighted by Crippen LogP contribution is -2.31. The second kappa shape index (κ2) is 7.84. The van der Waals surface area contributed by atoms with Crippen molar-refractivity contribution in [3.05, 3.63) is 59.7 Å². The predicted molar refractivity (Wildman–Crippen MR) is 107 cm³/mol. The van der Waals surface area contributed by atoms with Gasteiger partial charge in [0.15, 0.2) is 0 Å². The molecule has 1 aliphatic heterocycles. The Hall–Kier alpha value is -3.15. The third-order valence-electron chi connectivity index (χ3n) is 5.19. The van der Waals surface area contributed by atoms with E-state index in [1.54, 1.807) is 24.3 Å². The molecule has 2 aromatic carbocycles. The summed E-state index contributed by atoms with van der Waals surface area (Å²) < 4.78 is 0. The van der Waals surface area contributed by atoms with E-state index in [0.717, 1.165) is 24.1 Å². The van der Waals surface area contributed by atoms with Gasteiger partial charge in [0.2, 0.25) is 11.8 Å². The van der Waals surface area contributed by atoms with Crippen LogP contribution in [0.4, 0.5) is 11.4 Å². The molecule has 6 nitrogen and oxygen atoms in total. The van der Waals surface area contributed by atoms with Gasteiger partial charge in [-0.3, -0.25) is 14.4 Å². The number of benzene rings is 2. The molecule has 1 aliphatic carbocycles. The van der Waals surface area contributed by atoms with Crippen molar-refractivity contribution in [3.63, 3.8) is 0 Å². The van der Waals surface area contributed by atoms with Crippen LogP contribution in [0.3, 0.4) is 0 Å². The quantitative estimate of drug-likeness (QED) is 0.723. The number of carbonyl (C=O) groups is 3. The summed E-state index contributed by atoms with van der Waals surface area (Å²) in [4.78, 5) is 37.1. The highest BCUT2D eigenvalue weighted by Gasteiger charge is 2.27. The molecule has 2 aliphatic rings. The molecule has 1 atom stereocenters. The molecule has 28 heavy (non-hydrogen) atoms. The first kappa shape index (κ1) is 18.2. The van der Waals surface area contributed by atoms with Crippen LogP contribution < -0.4 is 16.0 Å². The number of amides is 3. The van der Waals surface area contributed by atoms with Crippen LogP contribution in [0.25, 0.3) is 0 Å². The van der Waals surface area contributed by atoms with E-state index in [1.807, 2.05) is 24.3 Å². The molecule has 0 radical (unpaired) electrons. The Labute approximate surface area is 163 Å². The van der Waals surface area contributed by atoms with E-state index in [4.69, 9.17) is 0 Å². The Morgan fingerprint density at radius 2 is 1.79 bits per heavy atom. The second-order valence-electron chi connectivity index (χ2n) is 7.43. The molecular formula is C22H23N3O3. The molecule has 1 fully saturated rings. The zero-order valence-electron chi connectivity index (χ0n) is 15.5. The minimum absolute atomic E-state index is 0.0456. The van der Waals surface area contributed by atoms with Crippen LogP contribution in [0.15, 0.2) is 48.5 Å². The van der Waals surface area contributed by atoms with E-state index in [0.29, 0.717) is 24.1 Å². The van der Waals surface area contributed by atoms with Crippen LogP contribution in [0.1, 0.15) is 41.6 Å². The summed E-state index contributed by atoms with van der Waals surface area (Å²) in [7, 11) is 0. The number of fused-ring (bicyclic) bond motifs is 1. The summed E-state index contributed by atoms with van der Waals surface area (Å²) >= 11 is 0. The Balaban J connectivity index is 1.35. The maximum Gasteiger partial charge on any atom is 0.253 e. The van der Waals surface area contributed by atoms with Crippen molar-refractivity contribution in [1.82, 2.24) is 5.32 Å². The van der Waals surface area contributed by atoms with E-state index < -0.39 is 0 Å². The average Bonchev–Trinajstić information content (AvgIpc) is 3.50. The SMILES string of the molecule is O=C(CCC1Cc2ccccc2NC1=O)Nc1ccccc1C(=O)NC1CC1. The minimum Gasteiger partial charge on any atom is -0.349 e. The Kier molecular flexibility index (Phi) is 5.10.